The summed E-state index contributed by atoms with van der Waals surface area (Å²) in [6, 6.07) is 0. The van der Waals surface area contributed by atoms with E-state index in [2.05, 4.69) is 12.2 Å². The molecule has 0 rings (SSSR count). The Morgan fingerprint density at radius 1 is 0.704 bits per heavy atom. The molecule has 0 bridgehead atoms. The summed E-state index contributed by atoms with van der Waals surface area (Å²) in [5.41, 5.74) is 0. The predicted molar refractivity (Wildman–Crippen MR) is 114 cm³/mol. The average Bonchev–Trinajstić information content (AvgIpc) is 2.62. The molecular formula is C21H46NNaO3S. The van der Waals surface area contributed by atoms with Gasteiger partial charge < -0.3 is 6.74 Å². The Morgan fingerprint density at radius 3 is 1.44 bits per heavy atom. The molecule has 0 radical (unpaired) electrons. The van der Waals surface area contributed by atoms with Crippen LogP contribution in [0.15, 0.2) is 0 Å². The fraction of sp³-hybridized carbons (Fsp3) is 1.00. The SMILES string of the molecule is CCCCCCCCCCCCCCCCCCOS(=O)(=O)CCNC.[H-].[Na+]. The van der Waals surface area contributed by atoms with Crippen molar-refractivity contribution in [3.8, 4) is 0 Å². The van der Waals surface area contributed by atoms with E-state index in [0.717, 1.165) is 12.8 Å². The molecule has 27 heavy (non-hydrogen) atoms. The number of hydrogen-bond acceptors (Lipinski definition) is 4. The molecule has 0 saturated heterocycles. The van der Waals surface area contributed by atoms with Crippen molar-refractivity contribution in [1.29, 1.82) is 0 Å². The van der Waals surface area contributed by atoms with Gasteiger partial charge >= 0.3 is 29.6 Å². The molecule has 0 unspecified atom stereocenters. The van der Waals surface area contributed by atoms with E-state index in [1.165, 1.54) is 89.9 Å². The molecule has 1 N–H and O–H groups in total. The van der Waals surface area contributed by atoms with Gasteiger partial charge in [0.15, 0.2) is 0 Å². The largest absolute Gasteiger partial charge is 1.00 e. The van der Waals surface area contributed by atoms with Gasteiger partial charge in [-0.2, -0.15) is 8.42 Å². The first kappa shape index (κ1) is 30.1. The quantitative estimate of drug-likeness (QED) is 0.178. The Balaban J connectivity index is -0.00000312. The third kappa shape index (κ3) is 24.8. The monoisotopic (exact) mass is 415 g/mol. The van der Waals surface area contributed by atoms with Crippen molar-refractivity contribution < 1.29 is 43.6 Å². The first-order valence-electron chi connectivity index (χ1n) is 11.1. The predicted octanol–water partition coefficient (Wildman–Crippen LogP) is 2.93. The number of unbranched alkanes of at least 4 members (excludes halogenated alkanes) is 15. The normalized spacial score (nSPS) is 11.5. The molecule has 0 spiro atoms. The van der Waals surface area contributed by atoms with Crippen molar-refractivity contribution >= 4 is 10.1 Å². The van der Waals surface area contributed by atoms with Gasteiger partial charge in [-0.05, 0) is 13.5 Å². The molecule has 0 saturated carbocycles. The third-order valence-electron chi connectivity index (χ3n) is 4.86. The topological polar surface area (TPSA) is 55.4 Å². The van der Waals surface area contributed by atoms with E-state index >= 15 is 0 Å². The van der Waals surface area contributed by atoms with Crippen LogP contribution in [0.1, 0.15) is 111 Å². The molecule has 0 amide bonds. The summed E-state index contributed by atoms with van der Waals surface area (Å²) in [5, 5.41) is 2.82. The van der Waals surface area contributed by atoms with Crippen LogP contribution in [0.2, 0.25) is 0 Å². The zero-order valence-electron chi connectivity index (χ0n) is 19.6. The standard InChI is InChI=1S/C21H45NO3S.Na.H/c1-3-4-5-6-7-8-9-10-11-12-13-14-15-16-17-18-20-25-26(23,24)21-19-22-2;;/h22H,3-21H2,1-2H3;;/q;+1;-1. The van der Waals surface area contributed by atoms with E-state index < -0.39 is 10.1 Å². The summed E-state index contributed by atoms with van der Waals surface area (Å²) in [5.74, 6) is 0.0579. The molecule has 0 aliphatic heterocycles. The van der Waals surface area contributed by atoms with Gasteiger partial charge in [-0.3, -0.25) is 4.18 Å². The molecule has 160 valence electrons. The fourth-order valence-electron chi connectivity index (χ4n) is 3.12. The Kier molecular flexibility index (Phi) is 25.8. The zero-order valence-corrected chi connectivity index (χ0v) is 21.4. The molecule has 0 aliphatic rings. The minimum absolute atomic E-state index is 0. The molecule has 0 aromatic rings. The van der Waals surface area contributed by atoms with Gasteiger partial charge in [0, 0.05) is 6.54 Å². The van der Waals surface area contributed by atoms with Gasteiger partial charge in [-0.25, -0.2) is 0 Å². The second-order valence-corrected chi connectivity index (χ2v) is 9.25. The minimum Gasteiger partial charge on any atom is -1.00 e. The van der Waals surface area contributed by atoms with E-state index in [0.29, 0.717) is 13.2 Å². The first-order chi connectivity index (χ1) is 12.6. The molecule has 0 aromatic carbocycles. The Labute approximate surface area is 193 Å². The second kappa shape index (κ2) is 23.2. The molecule has 4 nitrogen and oxygen atoms in total. The van der Waals surface area contributed by atoms with E-state index in [9.17, 15) is 8.42 Å². The van der Waals surface area contributed by atoms with E-state index in [4.69, 9.17) is 4.18 Å². The van der Waals surface area contributed by atoms with E-state index in [-0.39, 0.29) is 36.7 Å². The molecule has 0 aromatic heterocycles. The van der Waals surface area contributed by atoms with Crippen LogP contribution in [-0.2, 0) is 14.3 Å². The van der Waals surface area contributed by atoms with Crippen LogP contribution < -0.4 is 34.9 Å². The summed E-state index contributed by atoms with van der Waals surface area (Å²) in [4.78, 5) is 0. The van der Waals surface area contributed by atoms with Crippen LogP contribution in [0.3, 0.4) is 0 Å². The summed E-state index contributed by atoms with van der Waals surface area (Å²) in [6.07, 6.45) is 21.1. The summed E-state index contributed by atoms with van der Waals surface area (Å²) >= 11 is 0. The van der Waals surface area contributed by atoms with Crippen molar-refractivity contribution in [3.63, 3.8) is 0 Å². The summed E-state index contributed by atoms with van der Waals surface area (Å²) in [7, 11) is -1.59. The Bertz CT molecular complexity index is 384. The van der Waals surface area contributed by atoms with Crippen molar-refractivity contribution in [2.45, 2.75) is 110 Å². The van der Waals surface area contributed by atoms with Crippen LogP contribution in [0, 0.1) is 0 Å². The van der Waals surface area contributed by atoms with Crippen LogP contribution in [0.4, 0.5) is 0 Å². The van der Waals surface area contributed by atoms with Gasteiger partial charge in [-0.15, -0.1) is 0 Å². The van der Waals surface area contributed by atoms with Gasteiger partial charge in [0.2, 0.25) is 0 Å². The maximum atomic E-state index is 11.5. The minimum atomic E-state index is -3.33. The van der Waals surface area contributed by atoms with Crippen LogP contribution in [-0.4, -0.2) is 34.4 Å². The van der Waals surface area contributed by atoms with Gasteiger partial charge in [0.25, 0.3) is 10.1 Å². The van der Waals surface area contributed by atoms with Crippen LogP contribution >= 0.6 is 0 Å². The van der Waals surface area contributed by atoms with Crippen LogP contribution in [0.5, 0.6) is 0 Å². The van der Waals surface area contributed by atoms with Gasteiger partial charge in [-0.1, -0.05) is 103 Å². The number of rotatable bonds is 21. The number of nitrogens with one attached hydrogen (secondary N) is 1. The fourth-order valence-corrected chi connectivity index (χ4v) is 4.07. The van der Waals surface area contributed by atoms with E-state index in [1.54, 1.807) is 7.05 Å². The molecule has 0 aliphatic carbocycles. The molecular weight excluding hydrogens is 369 g/mol. The Morgan fingerprint density at radius 2 is 1.07 bits per heavy atom. The van der Waals surface area contributed by atoms with E-state index in [1.807, 2.05) is 0 Å². The van der Waals surface area contributed by atoms with Crippen molar-refractivity contribution in [1.82, 2.24) is 5.32 Å². The Hall–Kier alpha value is 0.870. The zero-order chi connectivity index (χ0) is 19.3. The molecule has 0 atom stereocenters. The molecule has 0 fully saturated rings. The smallest absolute Gasteiger partial charge is 1.00 e. The summed E-state index contributed by atoms with van der Waals surface area (Å²) in [6.45, 7) is 3.06. The van der Waals surface area contributed by atoms with Crippen molar-refractivity contribution in [2.24, 2.45) is 0 Å². The van der Waals surface area contributed by atoms with Crippen molar-refractivity contribution in [2.75, 3.05) is 26.0 Å². The van der Waals surface area contributed by atoms with Crippen LogP contribution in [0.25, 0.3) is 0 Å². The summed E-state index contributed by atoms with van der Waals surface area (Å²) < 4.78 is 28.0. The molecule has 0 heterocycles. The first-order valence-corrected chi connectivity index (χ1v) is 12.7. The maximum Gasteiger partial charge on any atom is 1.00 e. The second-order valence-electron chi connectivity index (χ2n) is 7.49. The van der Waals surface area contributed by atoms with Gasteiger partial charge in [0.1, 0.15) is 0 Å². The third-order valence-corrected chi connectivity index (χ3v) is 6.09. The molecule has 6 heteroatoms. The van der Waals surface area contributed by atoms with Gasteiger partial charge in [0.05, 0.1) is 12.4 Å². The average molecular weight is 416 g/mol. The maximum absolute atomic E-state index is 11.5. The number of hydrogen-bond donors (Lipinski definition) is 1. The van der Waals surface area contributed by atoms with Crippen molar-refractivity contribution in [3.05, 3.63) is 0 Å².